The van der Waals surface area contributed by atoms with E-state index in [0.29, 0.717) is 0 Å². The normalized spacial score (nSPS) is 9.00. The number of aromatic amines is 1. The van der Waals surface area contributed by atoms with Gasteiger partial charge < -0.3 is 4.52 Å². The maximum Gasteiger partial charge on any atom is 0.250 e. The van der Waals surface area contributed by atoms with Gasteiger partial charge >= 0.3 is 0 Å². The van der Waals surface area contributed by atoms with E-state index >= 15 is 0 Å². The maximum atomic E-state index is 4.51. The number of nitrogens with zero attached hydrogens (tertiary/aromatic N) is 1. The van der Waals surface area contributed by atoms with E-state index in [-0.39, 0.29) is 0 Å². The molecule has 1 heterocycles. The van der Waals surface area contributed by atoms with Gasteiger partial charge in [-0.3, -0.25) is 0 Å². The predicted octanol–water partition coefficient (Wildman–Crippen LogP) is 0.217. The lowest BCUT2D eigenvalue weighted by atomic mass is 10.3. The molecule has 0 spiro atoms. The summed E-state index contributed by atoms with van der Waals surface area (Å²) in [6, 6.07) is 0. The standard InChI is InChI=1S/C5H6N2O/c1-2-3-5-4-8-7-6-5/h2,4H,1,3H2/p+1. The topological polar surface area (TPSA) is 40.2 Å². The second kappa shape index (κ2) is 2.26. The summed E-state index contributed by atoms with van der Waals surface area (Å²) in [5.74, 6) is 0. The third-order valence-electron chi connectivity index (χ3n) is 0.801. The highest BCUT2D eigenvalue weighted by atomic mass is 16.5. The summed E-state index contributed by atoms with van der Waals surface area (Å²) in [5.41, 5.74) is 0.944. The quantitative estimate of drug-likeness (QED) is 0.512. The van der Waals surface area contributed by atoms with Crippen LogP contribution in [0.15, 0.2) is 23.4 Å². The molecule has 3 nitrogen and oxygen atoms in total. The molecule has 0 aliphatic heterocycles. The van der Waals surface area contributed by atoms with Crippen molar-refractivity contribution in [1.82, 2.24) is 5.27 Å². The summed E-state index contributed by atoms with van der Waals surface area (Å²) in [7, 11) is 0. The Morgan fingerprint density at radius 3 is 3.38 bits per heavy atom. The van der Waals surface area contributed by atoms with Crippen LogP contribution in [0, 0.1) is 0 Å². The molecule has 1 rings (SSSR count). The zero-order valence-corrected chi connectivity index (χ0v) is 4.42. The first-order valence-electron chi connectivity index (χ1n) is 2.35. The summed E-state index contributed by atoms with van der Waals surface area (Å²) in [6.07, 6.45) is 4.12. The van der Waals surface area contributed by atoms with Crippen molar-refractivity contribution in [2.24, 2.45) is 0 Å². The Balaban J connectivity index is 2.62. The maximum absolute atomic E-state index is 4.51. The largest absolute Gasteiger partial charge is 0.309 e. The number of nitrogens with one attached hydrogen (secondary N) is 1. The number of rotatable bonds is 2. The molecular weight excluding hydrogens is 104 g/mol. The van der Waals surface area contributed by atoms with E-state index in [9.17, 15) is 0 Å². The lowest BCUT2D eigenvalue weighted by Gasteiger charge is -1.69. The summed E-state index contributed by atoms with van der Waals surface area (Å²) < 4.78 is 4.51. The van der Waals surface area contributed by atoms with Crippen LogP contribution in [0.4, 0.5) is 0 Å². The minimum atomic E-state index is 0.781. The second-order valence-electron chi connectivity index (χ2n) is 1.44. The third kappa shape index (κ3) is 0.932. The molecule has 0 unspecified atom stereocenters. The Hall–Kier alpha value is -1.12. The first-order valence-corrected chi connectivity index (χ1v) is 2.35. The fourth-order valence-corrected chi connectivity index (χ4v) is 0.451. The molecule has 0 fully saturated rings. The van der Waals surface area contributed by atoms with Crippen molar-refractivity contribution >= 4 is 0 Å². The monoisotopic (exact) mass is 111 g/mol. The molecule has 1 aromatic heterocycles. The predicted molar refractivity (Wildman–Crippen MR) is 27.0 cm³/mol. The first-order chi connectivity index (χ1) is 3.93. The Bertz CT molecular complexity index is 157. The van der Waals surface area contributed by atoms with Gasteiger partial charge in [-0.05, 0) is 0 Å². The van der Waals surface area contributed by atoms with E-state index in [4.69, 9.17) is 0 Å². The van der Waals surface area contributed by atoms with Gasteiger partial charge in [0.15, 0.2) is 11.5 Å². The molecular formula is C5H7N2O+. The van der Waals surface area contributed by atoms with Crippen LogP contribution in [0.25, 0.3) is 0 Å². The smallest absolute Gasteiger partial charge is 0.250 e. The van der Waals surface area contributed by atoms with Crippen LogP contribution in [0.1, 0.15) is 5.69 Å². The number of hydrogen-bond donors (Lipinski definition) is 0. The number of hydrogen-bond acceptors (Lipinski definition) is 2. The Morgan fingerprint density at radius 1 is 2.00 bits per heavy atom. The average Bonchev–Trinajstić information content (AvgIpc) is 2.19. The van der Waals surface area contributed by atoms with Gasteiger partial charge in [-0.2, -0.15) is 0 Å². The summed E-state index contributed by atoms with van der Waals surface area (Å²) in [6.45, 7) is 3.55. The van der Waals surface area contributed by atoms with Gasteiger partial charge in [-0.25, -0.2) is 0 Å². The Kier molecular flexibility index (Phi) is 1.42. The summed E-state index contributed by atoms with van der Waals surface area (Å²) >= 11 is 0. The lowest BCUT2D eigenvalue weighted by molar-refractivity contribution is -0.480. The zero-order chi connectivity index (χ0) is 5.82. The molecule has 0 atom stereocenters. The lowest BCUT2D eigenvalue weighted by Crippen LogP contribution is -2.06. The fourth-order valence-electron chi connectivity index (χ4n) is 0.451. The molecule has 1 N–H and O–H groups in total. The molecule has 0 saturated carbocycles. The van der Waals surface area contributed by atoms with Crippen LogP contribution < -0.4 is 5.10 Å². The summed E-state index contributed by atoms with van der Waals surface area (Å²) in [5, 5.41) is 6.04. The highest BCUT2D eigenvalue weighted by molar-refractivity contribution is 4.88. The first kappa shape index (κ1) is 5.03. The Morgan fingerprint density at radius 2 is 2.88 bits per heavy atom. The van der Waals surface area contributed by atoms with E-state index < -0.39 is 0 Å². The molecule has 0 saturated heterocycles. The van der Waals surface area contributed by atoms with E-state index in [1.165, 1.54) is 0 Å². The van der Waals surface area contributed by atoms with E-state index in [1.54, 1.807) is 12.3 Å². The number of aromatic nitrogens is 2. The average molecular weight is 111 g/mol. The number of allylic oxidation sites excluding steroid dienone is 1. The van der Waals surface area contributed by atoms with Crippen molar-refractivity contribution in [3.8, 4) is 0 Å². The second-order valence-corrected chi connectivity index (χ2v) is 1.44. The van der Waals surface area contributed by atoms with Gasteiger partial charge in [-0.15, -0.1) is 6.58 Å². The Labute approximate surface area is 47.0 Å². The molecule has 0 radical (unpaired) electrons. The van der Waals surface area contributed by atoms with Gasteiger partial charge in [0.1, 0.15) is 0 Å². The fraction of sp³-hybridized carbons (Fsp3) is 0.200. The van der Waals surface area contributed by atoms with Crippen molar-refractivity contribution in [2.75, 3.05) is 0 Å². The SMILES string of the molecule is C=CCc1con[nH+]1. The van der Waals surface area contributed by atoms with Crippen molar-refractivity contribution in [1.29, 1.82) is 0 Å². The van der Waals surface area contributed by atoms with Crippen LogP contribution in [0.5, 0.6) is 0 Å². The summed E-state index contributed by atoms with van der Waals surface area (Å²) in [4.78, 5) is 0. The molecule has 3 heteroatoms. The molecule has 8 heavy (non-hydrogen) atoms. The van der Waals surface area contributed by atoms with Gasteiger partial charge in [0.2, 0.25) is 0 Å². The molecule has 0 aromatic carbocycles. The molecule has 0 amide bonds. The molecule has 42 valence electrons. The van der Waals surface area contributed by atoms with E-state index in [0.717, 1.165) is 12.1 Å². The van der Waals surface area contributed by atoms with Gasteiger partial charge in [0, 0.05) is 0 Å². The highest BCUT2D eigenvalue weighted by Crippen LogP contribution is 1.86. The van der Waals surface area contributed by atoms with Crippen molar-refractivity contribution in [3.63, 3.8) is 0 Å². The minimum absolute atomic E-state index is 0.781. The van der Waals surface area contributed by atoms with Crippen LogP contribution >= 0.6 is 0 Å². The third-order valence-corrected chi connectivity index (χ3v) is 0.801. The van der Waals surface area contributed by atoms with Gasteiger partial charge in [0.05, 0.1) is 6.42 Å². The van der Waals surface area contributed by atoms with Crippen LogP contribution in [-0.4, -0.2) is 5.27 Å². The van der Waals surface area contributed by atoms with Gasteiger partial charge in [-0.1, -0.05) is 11.2 Å². The molecule has 0 aliphatic rings. The van der Waals surface area contributed by atoms with Crippen molar-refractivity contribution in [2.45, 2.75) is 6.42 Å². The molecule has 0 bridgehead atoms. The van der Waals surface area contributed by atoms with Crippen LogP contribution in [0.3, 0.4) is 0 Å². The number of H-pyrrole nitrogens is 1. The van der Waals surface area contributed by atoms with Gasteiger partial charge in [0.25, 0.3) is 5.69 Å². The van der Waals surface area contributed by atoms with Crippen molar-refractivity contribution < 1.29 is 9.62 Å². The minimum Gasteiger partial charge on any atom is -0.309 e. The molecule has 1 aromatic rings. The van der Waals surface area contributed by atoms with Crippen LogP contribution in [-0.2, 0) is 6.42 Å². The van der Waals surface area contributed by atoms with E-state index in [2.05, 4.69) is 21.5 Å². The highest BCUT2D eigenvalue weighted by Gasteiger charge is 1.98. The van der Waals surface area contributed by atoms with E-state index in [1.807, 2.05) is 0 Å². The molecule has 0 aliphatic carbocycles. The van der Waals surface area contributed by atoms with Crippen LogP contribution in [0.2, 0.25) is 0 Å². The zero-order valence-electron chi connectivity index (χ0n) is 4.42. The van der Waals surface area contributed by atoms with Crippen molar-refractivity contribution in [3.05, 3.63) is 24.6 Å².